The Morgan fingerprint density at radius 3 is 2.45 bits per heavy atom. The average molecular weight is 317 g/mol. The van der Waals surface area contributed by atoms with Crippen molar-refractivity contribution in [1.82, 2.24) is 10.2 Å². The SMILES string of the molecule is CC(C)CNC(=O)C(C)N(C)Cc1ccc(Cl)c(Cl)c1. The maximum atomic E-state index is 12.0. The Morgan fingerprint density at radius 2 is 1.90 bits per heavy atom. The Kier molecular flexibility index (Phi) is 6.80. The molecular weight excluding hydrogens is 295 g/mol. The van der Waals surface area contributed by atoms with Crippen LogP contribution in [0.15, 0.2) is 18.2 Å². The van der Waals surface area contributed by atoms with Gasteiger partial charge in [-0.2, -0.15) is 0 Å². The number of likely N-dealkylation sites (N-methyl/N-ethyl adjacent to an activating group) is 1. The van der Waals surface area contributed by atoms with Crippen molar-refractivity contribution < 1.29 is 4.79 Å². The highest BCUT2D eigenvalue weighted by Gasteiger charge is 2.18. The molecule has 1 N–H and O–H groups in total. The first-order valence-corrected chi connectivity index (χ1v) is 7.48. The average Bonchev–Trinajstić information content (AvgIpc) is 2.39. The minimum atomic E-state index is -0.191. The second kappa shape index (κ2) is 7.87. The molecule has 0 fully saturated rings. The van der Waals surface area contributed by atoms with Gasteiger partial charge in [0.25, 0.3) is 0 Å². The molecule has 0 radical (unpaired) electrons. The normalized spacial score (nSPS) is 12.8. The van der Waals surface area contributed by atoms with Crippen LogP contribution in [-0.2, 0) is 11.3 Å². The van der Waals surface area contributed by atoms with E-state index < -0.39 is 0 Å². The van der Waals surface area contributed by atoms with Gasteiger partial charge in [-0.25, -0.2) is 0 Å². The van der Waals surface area contributed by atoms with Gasteiger partial charge in [-0.05, 0) is 37.6 Å². The smallest absolute Gasteiger partial charge is 0.237 e. The van der Waals surface area contributed by atoms with Gasteiger partial charge in [-0.1, -0.05) is 43.1 Å². The molecule has 0 aliphatic rings. The summed E-state index contributed by atoms with van der Waals surface area (Å²) < 4.78 is 0. The van der Waals surface area contributed by atoms with Gasteiger partial charge in [0.15, 0.2) is 0 Å². The summed E-state index contributed by atoms with van der Waals surface area (Å²) in [6, 6.07) is 5.34. The number of hydrogen-bond acceptors (Lipinski definition) is 2. The van der Waals surface area contributed by atoms with Crippen LogP contribution >= 0.6 is 23.2 Å². The van der Waals surface area contributed by atoms with Gasteiger partial charge in [0, 0.05) is 13.1 Å². The van der Waals surface area contributed by atoms with Crippen LogP contribution in [0.25, 0.3) is 0 Å². The van der Waals surface area contributed by atoms with Gasteiger partial charge in [0.05, 0.1) is 16.1 Å². The molecule has 3 nitrogen and oxygen atoms in total. The minimum Gasteiger partial charge on any atom is -0.354 e. The zero-order valence-corrected chi connectivity index (χ0v) is 13.9. The zero-order valence-electron chi connectivity index (χ0n) is 12.4. The largest absolute Gasteiger partial charge is 0.354 e. The highest BCUT2D eigenvalue weighted by Crippen LogP contribution is 2.23. The number of nitrogens with one attached hydrogen (secondary N) is 1. The molecule has 1 atom stereocenters. The lowest BCUT2D eigenvalue weighted by Crippen LogP contribution is -2.43. The second-order valence-corrected chi connectivity index (χ2v) is 6.29. The van der Waals surface area contributed by atoms with Crippen molar-refractivity contribution >= 4 is 29.1 Å². The summed E-state index contributed by atoms with van der Waals surface area (Å²) in [4.78, 5) is 14.0. The molecular formula is C15H22Cl2N2O. The van der Waals surface area contributed by atoms with Gasteiger partial charge in [0.1, 0.15) is 0 Å². The van der Waals surface area contributed by atoms with Crippen molar-refractivity contribution in [3.63, 3.8) is 0 Å². The topological polar surface area (TPSA) is 32.3 Å². The van der Waals surface area contributed by atoms with Gasteiger partial charge < -0.3 is 5.32 Å². The van der Waals surface area contributed by atoms with Gasteiger partial charge in [-0.3, -0.25) is 9.69 Å². The van der Waals surface area contributed by atoms with Crippen molar-refractivity contribution in [2.75, 3.05) is 13.6 Å². The van der Waals surface area contributed by atoms with E-state index in [0.29, 0.717) is 29.1 Å². The lowest BCUT2D eigenvalue weighted by Gasteiger charge is -2.24. The van der Waals surface area contributed by atoms with E-state index >= 15 is 0 Å². The number of halogens is 2. The van der Waals surface area contributed by atoms with E-state index in [2.05, 4.69) is 19.2 Å². The minimum absolute atomic E-state index is 0.0428. The highest BCUT2D eigenvalue weighted by molar-refractivity contribution is 6.42. The van der Waals surface area contributed by atoms with E-state index in [4.69, 9.17) is 23.2 Å². The molecule has 0 aromatic heterocycles. The van der Waals surface area contributed by atoms with Crippen LogP contribution < -0.4 is 5.32 Å². The van der Waals surface area contributed by atoms with E-state index in [1.807, 2.05) is 31.0 Å². The lowest BCUT2D eigenvalue weighted by atomic mass is 10.1. The monoisotopic (exact) mass is 316 g/mol. The maximum absolute atomic E-state index is 12.0. The molecule has 0 bridgehead atoms. The summed E-state index contributed by atoms with van der Waals surface area (Å²) in [7, 11) is 1.92. The van der Waals surface area contributed by atoms with Crippen LogP contribution in [0.3, 0.4) is 0 Å². The Balaban J connectivity index is 2.58. The molecule has 5 heteroatoms. The van der Waals surface area contributed by atoms with E-state index in [0.717, 1.165) is 5.56 Å². The number of carbonyl (C=O) groups is 1. The Labute approximate surface area is 131 Å². The fraction of sp³-hybridized carbons (Fsp3) is 0.533. The quantitative estimate of drug-likeness (QED) is 0.870. The van der Waals surface area contributed by atoms with E-state index in [1.54, 1.807) is 6.07 Å². The summed E-state index contributed by atoms with van der Waals surface area (Å²) in [6.07, 6.45) is 0. The number of amides is 1. The van der Waals surface area contributed by atoms with Crippen molar-refractivity contribution in [3.05, 3.63) is 33.8 Å². The van der Waals surface area contributed by atoms with Crippen LogP contribution in [0.5, 0.6) is 0 Å². The molecule has 0 heterocycles. The molecule has 1 amide bonds. The van der Waals surface area contributed by atoms with Crippen molar-refractivity contribution in [3.8, 4) is 0 Å². The van der Waals surface area contributed by atoms with Crippen LogP contribution in [0.1, 0.15) is 26.3 Å². The van der Waals surface area contributed by atoms with Crippen molar-refractivity contribution in [1.29, 1.82) is 0 Å². The number of hydrogen-bond donors (Lipinski definition) is 1. The Morgan fingerprint density at radius 1 is 1.25 bits per heavy atom. The molecule has 1 aromatic rings. The third kappa shape index (κ3) is 5.31. The number of carbonyl (C=O) groups excluding carboxylic acids is 1. The number of benzene rings is 1. The van der Waals surface area contributed by atoms with Crippen LogP contribution in [-0.4, -0.2) is 30.4 Å². The third-order valence-electron chi connectivity index (χ3n) is 3.14. The molecule has 0 spiro atoms. The van der Waals surface area contributed by atoms with E-state index in [9.17, 15) is 4.79 Å². The molecule has 1 unspecified atom stereocenters. The van der Waals surface area contributed by atoms with Crippen LogP contribution in [0.4, 0.5) is 0 Å². The number of rotatable bonds is 6. The zero-order chi connectivity index (χ0) is 15.3. The maximum Gasteiger partial charge on any atom is 0.237 e. The lowest BCUT2D eigenvalue weighted by molar-refractivity contribution is -0.125. The summed E-state index contributed by atoms with van der Waals surface area (Å²) in [5, 5.41) is 4.02. The summed E-state index contributed by atoms with van der Waals surface area (Å²) in [5.41, 5.74) is 1.03. The first-order valence-electron chi connectivity index (χ1n) is 6.73. The summed E-state index contributed by atoms with van der Waals surface area (Å²) in [6.45, 7) is 7.39. The fourth-order valence-corrected chi connectivity index (χ4v) is 2.04. The van der Waals surface area contributed by atoms with Crippen molar-refractivity contribution in [2.24, 2.45) is 5.92 Å². The molecule has 20 heavy (non-hydrogen) atoms. The molecule has 1 aromatic carbocycles. The van der Waals surface area contributed by atoms with E-state index in [1.165, 1.54) is 0 Å². The van der Waals surface area contributed by atoms with Crippen LogP contribution in [0.2, 0.25) is 10.0 Å². The summed E-state index contributed by atoms with van der Waals surface area (Å²) >= 11 is 11.9. The summed E-state index contributed by atoms with van der Waals surface area (Å²) in [5.74, 6) is 0.493. The first kappa shape index (κ1) is 17.3. The molecule has 0 saturated heterocycles. The van der Waals surface area contributed by atoms with E-state index in [-0.39, 0.29) is 11.9 Å². The Bertz CT molecular complexity index is 463. The molecule has 0 aliphatic carbocycles. The number of nitrogens with zero attached hydrogens (tertiary/aromatic N) is 1. The van der Waals surface area contributed by atoms with Gasteiger partial charge in [-0.15, -0.1) is 0 Å². The van der Waals surface area contributed by atoms with Crippen molar-refractivity contribution in [2.45, 2.75) is 33.4 Å². The van der Waals surface area contributed by atoms with Gasteiger partial charge >= 0.3 is 0 Å². The predicted molar refractivity (Wildman–Crippen MR) is 85.2 cm³/mol. The highest BCUT2D eigenvalue weighted by atomic mass is 35.5. The third-order valence-corrected chi connectivity index (χ3v) is 3.88. The van der Waals surface area contributed by atoms with Crippen LogP contribution in [0, 0.1) is 5.92 Å². The molecule has 0 aliphatic heterocycles. The second-order valence-electron chi connectivity index (χ2n) is 5.48. The fourth-order valence-electron chi connectivity index (χ4n) is 1.72. The molecule has 1 rings (SSSR count). The standard InChI is InChI=1S/C15H22Cl2N2O/c1-10(2)8-18-15(20)11(3)19(4)9-12-5-6-13(16)14(17)7-12/h5-7,10-11H,8-9H2,1-4H3,(H,18,20). The predicted octanol–water partition coefficient (Wildman–Crippen LogP) is 3.59. The molecule has 0 saturated carbocycles. The first-order chi connectivity index (χ1) is 9.31. The van der Waals surface area contributed by atoms with Gasteiger partial charge in [0.2, 0.25) is 5.91 Å². The molecule has 112 valence electrons. The Hall–Kier alpha value is -0.770.